The summed E-state index contributed by atoms with van der Waals surface area (Å²) in [5, 5.41) is 24.8. The number of nitrogens with one attached hydrogen (secondary N) is 1. The number of aliphatic hydroxyl groups is 1. The number of rotatable bonds is 13. The maximum absolute atomic E-state index is 14.0. The molecule has 57 heavy (non-hydrogen) atoms. The molecule has 3 atom stereocenters. The number of hydrogen-bond acceptors (Lipinski definition) is 8. The van der Waals surface area contributed by atoms with Crippen molar-refractivity contribution < 1.29 is 31.3 Å². The first kappa shape index (κ1) is 41.5. The van der Waals surface area contributed by atoms with Crippen LogP contribution >= 0.6 is 0 Å². The Bertz CT molecular complexity index is 2450. The third-order valence-electron chi connectivity index (χ3n) is 10.3. The van der Waals surface area contributed by atoms with E-state index in [4.69, 9.17) is 4.43 Å². The van der Waals surface area contributed by atoms with Crippen LogP contribution in [-0.2, 0) is 24.5 Å². The summed E-state index contributed by atoms with van der Waals surface area (Å²) in [4.78, 5) is 10.5. The van der Waals surface area contributed by atoms with E-state index in [0.717, 1.165) is 40.2 Å². The summed E-state index contributed by atoms with van der Waals surface area (Å²) in [6.45, 7) is 8.18. The highest BCUT2D eigenvalue weighted by Crippen LogP contribution is 2.42. The van der Waals surface area contributed by atoms with E-state index in [-0.39, 0.29) is 40.1 Å². The lowest BCUT2D eigenvalue weighted by Gasteiger charge is -2.42. The monoisotopic (exact) mass is 823 g/mol. The number of benzene rings is 5. The molecule has 0 aromatic heterocycles. The fourth-order valence-corrected chi connectivity index (χ4v) is 14.7. The number of nitrogens with zero attached hydrogens (tertiary/aromatic N) is 2. The van der Waals surface area contributed by atoms with E-state index in [9.17, 15) is 32.1 Å². The number of non-ortho nitro benzene ring substituents is 1. The van der Waals surface area contributed by atoms with Crippen LogP contribution in [0.15, 0.2) is 143 Å². The topological polar surface area (TPSA) is 156 Å². The van der Waals surface area contributed by atoms with Crippen LogP contribution in [0.3, 0.4) is 0 Å². The molecule has 1 aliphatic rings. The Labute approximate surface area is 335 Å². The third kappa shape index (κ3) is 8.74. The number of sulfonamides is 2. The predicted molar refractivity (Wildman–Crippen MR) is 224 cm³/mol. The van der Waals surface area contributed by atoms with Gasteiger partial charge in [0.1, 0.15) is 6.10 Å². The molecular formula is C43H45N3O8S2Si. The van der Waals surface area contributed by atoms with Gasteiger partial charge in [-0.2, -0.15) is 0 Å². The Hall–Kier alpha value is -5.14. The Morgan fingerprint density at radius 2 is 1.39 bits per heavy atom. The van der Waals surface area contributed by atoms with Crippen molar-refractivity contribution in [1.82, 2.24) is 4.72 Å². The molecular weight excluding hydrogens is 779 g/mol. The summed E-state index contributed by atoms with van der Waals surface area (Å²) in [6.07, 6.45) is -1.59. The van der Waals surface area contributed by atoms with Crippen molar-refractivity contribution in [1.29, 1.82) is 0 Å². The summed E-state index contributed by atoms with van der Waals surface area (Å²) in [6, 6.07) is 36.7. The Kier molecular flexibility index (Phi) is 12.2. The maximum Gasteiger partial charge on any atom is 0.269 e. The van der Waals surface area contributed by atoms with Crippen LogP contribution in [0.25, 0.3) is 0 Å². The molecule has 1 heterocycles. The number of anilines is 1. The van der Waals surface area contributed by atoms with Crippen LogP contribution in [0.1, 0.15) is 44.2 Å². The Morgan fingerprint density at radius 3 is 1.95 bits per heavy atom. The van der Waals surface area contributed by atoms with E-state index in [1.165, 1.54) is 4.31 Å². The predicted octanol–water partition coefficient (Wildman–Crippen LogP) is 5.87. The van der Waals surface area contributed by atoms with Gasteiger partial charge in [0, 0.05) is 24.6 Å². The second-order valence-electron chi connectivity index (χ2n) is 15.0. The zero-order valence-corrected chi connectivity index (χ0v) is 34.7. The molecule has 6 rings (SSSR count). The molecule has 5 aromatic carbocycles. The summed E-state index contributed by atoms with van der Waals surface area (Å²) >= 11 is 0. The van der Waals surface area contributed by atoms with Crippen molar-refractivity contribution in [3.05, 3.63) is 155 Å². The molecule has 0 saturated carbocycles. The second-order valence-corrected chi connectivity index (χ2v) is 22.9. The lowest BCUT2D eigenvalue weighted by Crippen LogP contribution is -2.66. The summed E-state index contributed by atoms with van der Waals surface area (Å²) in [5.74, 6) is 5.26. The quantitative estimate of drug-likeness (QED) is 0.0647. The lowest BCUT2D eigenvalue weighted by atomic mass is 9.92. The molecule has 0 spiro atoms. The minimum atomic E-state index is -4.36. The highest BCUT2D eigenvalue weighted by molar-refractivity contribution is 7.92. The van der Waals surface area contributed by atoms with Gasteiger partial charge >= 0.3 is 0 Å². The fourth-order valence-electron chi connectivity index (χ4n) is 7.44. The minimum absolute atomic E-state index is 0.0115. The molecule has 1 aliphatic heterocycles. The zero-order valence-electron chi connectivity index (χ0n) is 32.1. The standard InChI is InChI=1S/C43H45N3O8S2Si/c1-32-21-25-36(26-22-32)56(52,53)45-31-33(39-18-11-12-19-41(39)45)30-40(44-55(50,51)35-27-23-34(24-28-35)46(48)49)42(47)20-13-29-54-57(43(2,3)4,37-14-7-5-8-15-37)38-16-9-6-10-17-38/h5-12,14-19,21-28,33,40,42,44,47H,29-31H2,1-4H3/t33-,40+,42-/m0/s1. The van der Waals surface area contributed by atoms with E-state index < -0.39 is 51.4 Å². The molecule has 0 bridgehead atoms. The van der Waals surface area contributed by atoms with Crippen molar-refractivity contribution in [2.24, 2.45) is 0 Å². The highest BCUT2D eigenvalue weighted by Gasteiger charge is 2.50. The van der Waals surface area contributed by atoms with E-state index >= 15 is 0 Å². The van der Waals surface area contributed by atoms with Gasteiger partial charge in [0.15, 0.2) is 0 Å². The van der Waals surface area contributed by atoms with Crippen molar-refractivity contribution in [3.8, 4) is 11.8 Å². The molecule has 296 valence electrons. The maximum atomic E-state index is 14.0. The van der Waals surface area contributed by atoms with E-state index in [1.54, 1.807) is 48.5 Å². The average Bonchev–Trinajstić information content (AvgIpc) is 3.57. The van der Waals surface area contributed by atoms with Crippen LogP contribution in [0.2, 0.25) is 5.04 Å². The van der Waals surface area contributed by atoms with Gasteiger partial charge in [-0.05, 0) is 64.7 Å². The normalized spacial score (nSPS) is 15.6. The van der Waals surface area contributed by atoms with Crippen LogP contribution in [0.4, 0.5) is 11.4 Å². The first-order chi connectivity index (χ1) is 27.0. The van der Waals surface area contributed by atoms with Gasteiger partial charge < -0.3 is 9.53 Å². The third-order valence-corrected chi connectivity index (χ3v) is 18.5. The molecule has 11 nitrogen and oxygen atoms in total. The van der Waals surface area contributed by atoms with Crippen LogP contribution in [0, 0.1) is 28.9 Å². The first-order valence-corrected chi connectivity index (χ1v) is 23.2. The number of aryl methyl sites for hydroxylation is 1. The average molecular weight is 824 g/mol. The molecule has 14 heteroatoms. The summed E-state index contributed by atoms with van der Waals surface area (Å²) < 4.78 is 66.3. The van der Waals surface area contributed by atoms with Gasteiger partial charge in [-0.1, -0.05) is 129 Å². The smallest absolute Gasteiger partial charge is 0.269 e. The van der Waals surface area contributed by atoms with Gasteiger partial charge in [0.05, 0.1) is 33.1 Å². The SMILES string of the molecule is Cc1ccc(S(=O)(=O)N2C[C@H](C[C@@H](NS(=O)(=O)c3ccc([N+](=O)[O-])cc3)[C@@H](O)C#CCO[Si](c3ccccc3)(c3ccccc3)C(C)(C)C)c3ccccc32)cc1. The van der Waals surface area contributed by atoms with Gasteiger partial charge in [0.25, 0.3) is 24.0 Å². The molecule has 0 fully saturated rings. The number of aliphatic hydroxyl groups excluding tert-OH is 1. The zero-order chi connectivity index (χ0) is 41.0. The van der Waals surface area contributed by atoms with Crippen molar-refractivity contribution in [2.75, 3.05) is 17.5 Å². The number of para-hydroxylation sites is 1. The minimum Gasteiger partial charge on any atom is -0.396 e. The lowest BCUT2D eigenvalue weighted by molar-refractivity contribution is -0.384. The van der Waals surface area contributed by atoms with Gasteiger partial charge in [-0.3, -0.25) is 14.4 Å². The summed E-state index contributed by atoms with van der Waals surface area (Å²) in [5.41, 5.74) is 1.75. The fraction of sp³-hybridized carbons (Fsp3) is 0.256. The first-order valence-electron chi connectivity index (χ1n) is 18.4. The van der Waals surface area contributed by atoms with Crippen molar-refractivity contribution >= 4 is 50.1 Å². The van der Waals surface area contributed by atoms with Gasteiger partial charge in [-0.25, -0.2) is 21.6 Å². The van der Waals surface area contributed by atoms with E-state index in [0.29, 0.717) is 11.3 Å². The number of nitro groups is 1. The van der Waals surface area contributed by atoms with Gasteiger partial charge in [0.2, 0.25) is 10.0 Å². The molecule has 0 amide bonds. The molecule has 0 unspecified atom stereocenters. The number of nitro benzene ring substituents is 1. The van der Waals surface area contributed by atoms with Gasteiger partial charge in [-0.15, -0.1) is 0 Å². The number of fused-ring (bicyclic) bond motifs is 1. The largest absolute Gasteiger partial charge is 0.396 e. The molecule has 0 saturated heterocycles. The van der Waals surface area contributed by atoms with Crippen LogP contribution in [-0.4, -0.2) is 60.5 Å². The van der Waals surface area contributed by atoms with Crippen molar-refractivity contribution in [3.63, 3.8) is 0 Å². The second kappa shape index (κ2) is 16.8. The Balaban J connectivity index is 1.33. The van der Waals surface area contributed by atoms with Crippen LogP contribution < -0.4 is 19.4 Å². The number of hydrogen-bond donors (Lipinski definition) is 2. The molecule has 5 aromatic rings. The molecule has 2 N–H and O–H groups in total. The van der Waals surface area contributed by atoms with Crippen molar-refractivity contribution in [2.45, 2.75) is 67.0 Å². The highest BCUT2D eigenvalue weighted by atomic mass is 32.2. The summed E-state index contributed by atoms with van der Waals surface area (Å²) in [7, 11) is -11.3. The van der Waals surface area contributed by atoms with Crippen LogP contribution in [0.5, 0.6) is 0 Å². The molecule has 0 aliphatic carbocycles. The van der Waals surface area contributed by atoms with E-state index in [2.05, 4.69) is 61.6 Å². The van der Waals surface area contributed by atoms with E-state index in [1.807, 2.05) is 43.3 Å². The Morgan fingerprint density at radius 1 is 0.842 bits per heavy atom. The molecule has 0 radical (unpaired) electrons.